The van der Waals surface area contributed by atoms with E-state index in [1.165, 1.54) is 0 Å². The smallest absolute Gasteiger partial charge is 0.224 e. The number of nitrogens with zero attached hydrogens (tertiary/aromatic N) is 1. The summed E-state index contributed by atoms with van der Waals surface area (Å²) in [4.78, 5) is 24.9. The molecule has 1 N–H and O–H groups in total. The second-order valence-corrected chi connectivity index (χ2v) is 5.32. The molecule has 0 aliphatic carbocycles. The molecule has 2 rings (SSSR count). The van der Waals surface area contributed by atoms with E-state index in [2.05, 4.69) is 5.32 Å². The van der Waals surface area contributed by atoms with Gasteiger partial charge in [-0.2, -0.15) is 0 Å². The van der Waals surface area contributed by atoms with Crippen LogP contribution in [0, 0.1) is 5.92 Å². The molecule has 1 aromatic carbocycles. The highest BCUT2D eigenvalue weighted by Gasteiger charge is 2.26. The Morgan fingerprint density at radius 2 is 2.21 bits per heavy atom. The number of halogens is 1. The number of rotatable bonds is 4. The molecular formula is C14H17ClN2O2. The van der Waals surface area contributed by atoms with E-state index < -0.39 is 0 Å². The zero-order valence-corrected chi connectivity index (χ0v) is 11.6. The summed E-state index contributed by atoms with van der Waals surface area (Å²) < 4.78 is 0. The van der Waals surface area contributed by atoms with Gasteiger partial charge in [0.1, 0.15) is 0 Å². The maximum atomic E-state index is 11.8. The Morgan fingerprint density at radius 3 is 2.84 bits per heavy atom. The highest BCUT2D eigenvalue weighted by Crippen LogP contribution is 2.16. The largest absolute Gasteiger partial charge is 0.355 e. The lowest BCUT2D eigenvalue weighted by Gasteiger charge is -2.11. The van der Waals surface area contributed by atoms with Crippen LogP contribution >= 0.6 is 11.6 Å². The molecule has 0 spiro atoms. The summed E-state index contributed by atoms with van der Waals surface area (Å²) in [7, 11) is 1.79. The van der Waals surface area contributed by atoms with Gasteiger partial charge in [-0.15, -0.1) is 0 Å². The molecule has 1 fully saturated rings. The third-order valence-corrected chi connectivity index (χ3v) is 3.69. The number of carbonyl (C=O) groups is 2. The number of benzene rings is 1. The van der Waals surface area contributed by atoms with Gasteiger partial charge in [0.25, 0.3) is 0 Å². The number of hydrogen-bond acceptors (Lipinski definition) is 2. The van der Waals surface area contributed by atoms with Gasteiger partial charge in [0.2, 0.25) is 11.8 Å². The van der Waals surface area contributed by atoms with Crippen LogP contribution in [0.15, 0.2) is 24.3 Å². The third kappa shape index (κ3) is 3.70. The van der Waals surface area contributed by atoms with Gasteiger partial charge < -0.3 is 10.2 Å². The molecule has 2 amide bonds. The summed E-state index contributed by atoms with van der Waals surface area (Å²) in [6.45, 7) is 1.25. The minimum Gasteiger partial charge on any atom is -0.355 e. The van der Waals surface area contributed by atoms with Crippen molar-refractivity contribution in [2.45, 2.75) is 12.8 Å². The van der Waals surface area contributed by atoms with Crippen molar-refractivity contribution in [3.8, 4) is 0 Å². The molecule has 1 atom stereocenters. The second-order valence-electron chi connectivity index (χ2n) is 4.92. The Labute approximate surface area is 117 Å². The Morgan fingerprint density at radius 1 is 1.47 bits per heavy atom. The van der Waals surface area contributed by atoms with Crippen molar-refractivity contribution < 1.29 is 9.59 Å². The Kier molecular flexibility index (Phi) is 4.43. The van der Waals surface area contributed by atoms with E-state index in [9.17, 15) is 9.59 Å². The van der Waals surface area contributed by atoms with Crippen molar-refractivity contribution in [3.63, 3.8) is 0 Å². The number of hydrogen-bond donors (Lipinski definition) is 1. The van der Waals surface area contributed by atoms with Crippen molar-refractivity contribution in [2.75, 3.05) is 20.1 Å². The molecule has 0 aromatic heterocycles. The number of nitrogens with one attached hydrogen (secondary N) is 1. The van der Waals surface area contributed by atoms with E-state index in [1.807, 2.05) is 18.2 Å². The molecule has 5 heteroatoms. The fraction of sp³-hybridized carbons (Fsp3) is 0.429. The lowest BCUT2D eigenvalue weighted by atomic mass is 10.1. The maximum absolute atomic E-state index is 11.8. The molecule has 0 saturated carbocycles. The van der Waals surface area contributed by atoms with E-state index in [1.54, 1.807) is 18.0 Å². The van der Waals surface area contributed by atoms with Gasteiger partial charge in [-0.1, -0.05) is 29.8 Å². The monoisotopic (exact) mass is 280 g/mol. The lowest BCUT2D eigenvalue weighted by molar-refractivity contribution is -0.126. The fourth-order valence-electron chi connectivity index (χ4n) is 2.23. The molecule has 4 nitrogen and oxygen atoms in total. The predicted octanol–water partition coefficient (Wildman–Crippen LogP) is 1.48. The van der Waals surface area contributed by atoms with Crippen LogP contribution in [-0.2, 0) is 16.0 Å². The summed E-state index contributed by atoms with van der Waals surface area (Å²) >= 11 is 6.00. The zero-order chi connectivity index (χ0) is 13.8. The molecule has 0 radical (unpaired) electrons. The summed E-state index contributed by atoms with van der Waals surface area (Å²) in [5, 5.41) is 3.47. The topological polar surface area (TPSA) is 49.4 Å². The number of amides is 2. The minimum atomic E-state index is -0.0601. The first-order valence-corrected chi connectivity index (χ1v) is 6.68. The van der Waals surface area contributed by atoms with Crippen LogP contribution in [0.2, 0.25) is 5.02 Å². The van der Waals surface area contributed by atoms with Gasteiger partial charge in [0.15, 0.2) is 0 Å². The highest BCUT2D eigenvalue weighted by atomic mass is 35.5. The van der Waals surface area contributed by atoms with Crippen LogP contribution in [0.5, 0.6) is 0 Å². The first-order chi connectivity index (χ1) is 9.06. The van der Waals surface area contributed by atoms with Crippen molar-refractivity contribution >= 4 is 23.4 Å². The van der Waals surface area contributed by atoms with Crippen molar-refractivity contribution in [3.05, 3.63) is 34.9 Å². The predicted molar refractivity (Wildman–Crippen MR) is 73.9 cm³/mol. The normalized spacial score (nSPS) is 18.7. The van der Waals surface area contributed by atoms with Gasteiger partial charge in [-0.05, 0) is 11.6 Å². The molecule has 102 valence electrons. The van der Waals surface area contributed by atoms with E-state index in [0.29, 0.717) is 24.5 Å². The molecule has 1 aliphatic rings. The van der Waals surface area contributed by atoms with Crippen molar-refractivity contribution in [2.24, 2.45) is 5.92 Å². The van der Waals surface area contributed by atoms with Crippen LogP contribution in [-0.4, -0.2) is 36.9 Å². The second kappa shape index (κ2) is 6.06. The fourth-order valence-corrected chi connectivity index (χ4v) is 2.43. The van der Waals surface area contributed by atoms with Crippen molar-refractivity contribution in [1.29, 1.82) is 0 Å². The maximum Gasteiger partial charge on any atom is 0.224 e. The summed E-state index contributed by atoms with van der Waals surface area (Å²) in [5.74, 6) is 0.299. The van der Waals surface area contributed by atoms with Gasteiger partial charge in [-0.25, -0.2) is 0 Å². The summed E-state index contributed by atoms with van der Waals surface area (Å²) in [6.07, 6.45) is 0.791. The average Bonchev–Trinajstić information content (AvgIpc) is 2.69. The van der Waals surface area contributed by atoms with Crippen LogP contribution in [0.25, 0.3) is 0 Å². The molecule has 1 unspecified atom stereocenters. The average molecular weight is 281 g/mol. The molecule has 1 aliphatic heterocycles. The SMILES string of the molecule is CN1CC(CNC(=O)Cc2ccccc2Cl)CC1=O. The minimum absolute atomic E-state index is 0.0601. The van der Waals surface area contributed by atoms with Gasteiger partial charge in [-0.3, -0.25) is 9.59 Å². The Hall–Kier alpha value is -1.55. The zero-order valence-electron chi connectivity index (χ0n) is 10.9. The van der Waals surface area contributed by atoms with Crippen LogP contribution in [0.4, 0.5) is 0 Å². The van der Waals surface area contributed by atoms with Crippen LogP contribution in [0.3, 0.4) is 0 Å². The van der Waals surface area contributed by atoms with Gasteiger partial charge in [0, 0.05) is 37.5 Å². The summed E-state index contributed by atoms with van der Waals surface area (Å²) in [6, 6.07) is 7.31. The standard InChI is InChI=1S/C14H17ClN2O2/c1-17-9-10(6-14(17)19)8-16-13(18)7-11-4-2-3-5-12(11)15/h2-5,10H,6-9H2,1H3,(H,16,18). The van der Waals surface area contributed by atoms with Crippen molar-refractivity contribution in [1.82, 2.24) is 10.2 Å². The van der Waals surface area contributed by atoms with E-state index in [0.717, 1.165) is 5.56 Å². The van der Waals surface area contributed by atoms with Gasteiger partial charge >= 0.3 is 0 Å². The highest BCUT2D eigenvalue weighted by molar-refractivity contribution is 6.31. The number of carbonyl (C=O) groups excluding carboxylic acids is 2. The molecule has 1 heterocycles. The van der Waals surface area contributed by atoms with E-state index in [-0.39, 0.29) is 24.2 Å². The van der Waals surface area contributed by atoms with E-state index >= 15 is 0 Å². The number of likely N-dealkylation sites (tertiary alicyclic amines) is 1. The molecule has 1 aromatic rings. The first kappa shape index (κ1) is 13.9. The van der Waals surface area contributed by atoms with Crippen LogP contribution < -0.4 is 5.32 Å². The third-order valence-electron chi connectivity index (χ3n) is 3.32. The molecule has 0 bridgehead atoms. The lowest BCUT2D eigenvalue weighted by Crippen LogP contribution is -2.31. The quantitative estimate of drug-likeness (QED) is 0.908. The van der Waals surface area contributed by atoms with Gasteiger partial charge in [0.05, 0.1) is 6.42 Å². The molecular weight excluding hydrogens is 264 g/mol. The molecule has 1 saturated heterocycles. The first-order valence-electron chi connectivity index (χ1n) is 6.30. The van der Waals surface area contributed by atoms with Crippen LogP contribution in [0.1, 0.15) is 12.0 Å². The Balaban J connectivity index is 1.80. The molecule has 19 heavy (non-hydrogen) atoms. The Bertz CT molecular complexity index is 490. The summed E-state index contributed by atoms with van der Waals surface area (Å²) in [5.41, 5.74) is 0.821. The van der Waals surface area contributed by atoms with E-state index in [4.69, 9.17) is 11.6 Å².